The monoisotopic (exact) mass is 241 g/mol. The number of hydrogen-bond donors (Lipinski definition) is 1. The number of benzene rings is 1. The summed E-state index contributed by atoms with van der Waals surface area (Å²) in [6, 6.07) is 4.01. The molecule has 0 aliphatic rings. The maximum atomic E-state index is 10.9. The summed E-state index contributed by atoms with van der Waals surface area (Å²) in [6.07, 6.45) is 0. The van der Waals surface area contributed by atoms with E-state index in [1.165, 1.54) is 6.92 Å². The summed E-state index contributed by atoms with van der Waals surface area (Å²) >= 11 is 3.43. The van der Waals surface area contributed by atoms with Gasteiger partial charge in [0.2, 0.25) is 5.91 Å². The quantitative estimate of drug-likeness (QED) is 0.805. The third kappa shape index (κ3) is 2.56. The molecule has 1 amide bonds. The molecule has 2 nitrogen and oxygen atoms in total. The van der Waals surface area contributed by atoms with Crippen molar-refractivity contribution in [3.63, 3.8) is 0 Å². The van der Waals surface area contributed by atoms with Gasteiger partial charge in [0.25, 0.3) is 0 Å². The van der Waals surface area contributed by atoms with Gasteiger partial charge in [-0.1, -0.05) is 6.07 Å². The van der Waals surface area contributed by atoms with Gasteiger partial charge in [0, 0.05) is 11.4 Å². The standard InChI is InChI=1S/C10H12BrNO/c1-6-4-7(2)10(11)9(5-6)12-8(3)13/h4-5H,1-3H3,(H,12,13). The van der Waals surface area contributed by atoms with Crippen molar-refractivity contribution in [2.75, 3.05) is 5.32 Å². The Kier molecular flexibility index (Phi) is 3.09. The molecule has 1 aromatic carbocycles. The second-order valence-electron chi connectivity index (χ2n) is 3.12. The van der Waals surface area contributed by atoms with Crippen molar-refractivity contribution in [2.24, 2.45) is 0 Å². The number of carbonyl (C=O) groups is 1. The van der Waals surface area contributed by atoms with Gasteiger partial charge >= 0.3 is 0 Å². The molecule has 0 heterocycles. The minimum absolute atomic E-state index is 0.0503. The van der Waals surface area contributed by atoms with E-state index in [2.05, 4.69) is 27.3 Å². The maximum Gasteiger partial charge on any atom is 0.221 e. The number of amides is 1. The summed E-state index contributed by atoms with van der Waals surface area (Å²) in [6.45, 7) is 5.51. The van der Waals surface area contributed by atoms with Crippen LogP contribution in [0.3, 0.4) is 0 Å². The van der Waals surface area contributed by atoms with Crippen LogP contribution in [-0.4, -0.2) is 5.91 Å². The molecule has 13 heavy (non-hydrogen) atoms. The van der Waals surface area contributed by atoms with E-state index in [0.29, 0.717) is 0 Å². The van der Waals surface area contributed by atoms with Crippen LogP contribution in [0.2, 0.25) is 0 Å². The van der Waals surface area contributed by atoms with Crippen LogP contribution < -0.4 is 5.32 Å². The molecule has 0 bridgehead atoms. The lowest BCUT2D eigenvalue weighted by Crippen LogP contribution is -2.06. The molecule has 0 aliphatic carbocycles. The lowest BCUT2D eigenvalue weighted by Gasteiger charge is -2.08. The van der Waals surface area contributed by atoms with Crippen molar-refractivity contribution in [2.45, 2.75) is 20.8 Å². The normalized spacial score (nSPS) is 9.85. The van der Waals surface area contributed by atoms with Crippen molar-refractivity contribution >= 4 is 27.5 Å². The largest absolute Gasteiger partial charge is 0.325 e. The highest BCUT2D eigenvalue weighted by Gasteiger charge is 2.04. The smallest absolute Gasteiger partial charge is 0.221 e. The molecule has 0 unspecified atom stereocenters. The van der Waals surface area contributed by atoms with E-state index in [1.807, 2.05) is 19.9 Å². The van der Waals surface area contributed by atoms with Crippen LogP contribution in [0.25, 0.3) is 0 Å². The van der Waals surface area contributed by atoms with Gasteiger partial charge in [0.15, 0.2) is 0 Å². The van der Waals surface area contributed by atoms with Crippen LogP contribution in [0.1, 0.15) is 18.1 Å². The average molecular weight is 242 g/mol. The highest BCUT2D eigenvalue weighted by atomic mass is 79.9. The predicted octanol–water partition coefficient (Wildman–Crippen LogP) is 3.02. The van der Waals surface area contributed by atoms with Gasteiger partial charge in [-0.2, -0.15) is 0 Å². The van der Waals surface area contributed by atoms with Gasteiger partial charge in [0.1, 0.15) is 0 Å². The fourth-order valence-electron chi connectivity index (χ4n) is 1.23. The van der Waals surface area contributed by atoms with Crippen molar-refractivity contribution < 1.29 is 4.79 Å². The zero-order valence-corrected chi connectivity index (χ0v) is 9.53. The Balaban J connectivity index is 3.12. The first-order chi connectivity index (χ1) is 6.00. The molecule has 0 fully saturated rings. The number of halogens is 1. The Morgan fingerprint density at radius 3 is 2.54 bits per heavy atom. The van der Waals surface area contributed by atoms with Crippen molar-refractivity contribution in [3.8, 4) is 0 Å². The molecule has 0 aliphatic heterocycles. The predicted molar refractivity (Wildman–Crippen MR) is 57.9 cm³/mol. The fourth-order valence-corrected chi connectivity index (χ4v) is 1.56. The van der Waals surface area contributed by atoms with E-state index in [9.17, 15) is 4.79 Å². The van der Waals surface area contributed by atoms with Gasteiger partial charge in [-0.05, 0) is 47.0 Å². The zero-order valence-electron chi connectivity index (χ0n) is 7.94. The summed E-state index contributed by atoms with van der Waals surface area (Å²) in [4.78, 5) is 10.9. The minimum Gasteiger partial charge on any atom is -0.325 e. The van der Waals surface area contributed by atoms with E-state index >= 15 is 0 Å². The highest BCUT2D eigenvalue weighted by molar-refractivity contribution is 9.10. The molecular weight excluding hydrogens is 230 g/mol. The Bertz CT molecular complexity index is 347. The van der Waals surface area contributed by atoms with E-state index in [4.69, 9.17) is 0 Å². The third-order valence-electron chi connectivity index (χ3n) is 1.71. The number of aryl methyl sites for hydroxylation is 2. The molecule has 0 saturated heterocycles. The van der Waals surface area contributed by atoms with Gasteiger partial charge < -0.3 is 5.32 Å². The van der Waals surface area contributed by atoms with Crippen LogP contribution >= 0.6 is 15.9 Å². The lowest BCUT2D eigenvalue weighted by atomic mass is 10.1. The Hall–Kier alpha value is -0.830. The lowest BCUT2D eigenvalue weighted by molar-refractivity contribution is -0.114. The summed E-state index contributed by atoms with van der Waals surface area (Å²) in [7, 11) is 0. The molecule has 1 N–H and O–H groups in total. The number of nitrogens with one attached hydrogen (secondary N) is 1. The minimum atomic E-state index is -0.0503. The second-order valence-corrected chi connectivity index (χ2v) is 3.92. The summed E-state index contributed by atoms with van der Waals surface area (Å²) < 4.78 is 0.952. The van der Waals surface area contributed by atoms with E-state index in [-0.39, 0.29) is 5.91 Å². The summed E-state index contributed by atoms with van der Waals surface area (Å²) in [5.74, 6) is -0.0503. The van der Waals surface area contributed by atoms with E-state index in [0.717, 1.165) is 21.3 Å². The van der Waals surface area contributed by atoms with Crippen molar-refractivity contribution in [1.29, 1.82) is 0 Å². The third-order valence-corrected chi connectivity index (χ3v) is 2.76. The van der Waals surface area contributed by atoms with Gasteiger partial charge in [-0.25, -0.2) is 0 Å². The van der Waals surface area contributed by atoms with E-state index in [1.54, 1.807) is 0 Å². The molecule has 0 radical (unpaired) electrons. The molecule has 0 saturated carbocycles. The molecule has 3 heteroatoms. The SMILES string of the molecule is CC(=O)Nc1cc(C)cc(C)c1Br. The molecule has 70 valence electrons. The molecule has 1 rings (SSSR count). The highest BCUT2D eigenvalue weighted by Crippen LogP contribution is 2.27. The Labute approximate surface area is 86.5 Å². The second kappa shape index (κ2) is 3.92. The van der Waals surface area contributed by atoms with Crippen LogP contribution in [0.15, 0.2) is 16.6 Å². The van der Waals surface area contributed by atoms with Crippen LogP contribution in [0.4, 0.5) is 5.69 Å². The maximum absolute atomic E-state index is 10.9. The molecule has 0 atom stereocenters. The number of rotatable bonds is 1. The molecule has 0 spiro atoms. The fraction of sp³-hybridized carbons (Fsp3) is 0.300. The number of hydrogen-bond acceptors (Lipinski definition) is 1. The summed E-state index contributed by atoms with van der Waals surface area (Å²) in [5.41, 5.74) is 3.11. The Morgan fingerprint density at radius 2 is 2.00 bits per heavy atom. The van der Waals surface area contributed by atoms with Gasteiger partial charge in [-0.3, -0.25) is 4.79 Å². The van der Waals surface area contributed by atoms with Gasteiger partial charge in [0.05, 0.1) is 5.69 Å². The van der Waals surface area contributed by atoms with Crippen molar-refractivity contribution in [1.82, 2.24) is 0 Å². The van der Waals surface area contributed by atoms with Crippen molar-refractivity contribution in [3.05, 3.63) is 27.7 Å². The van der Waals surface area contributed by atoms with Gasteiger partial charge in [-0.15, -0.1) is 0 Å². The topological polar surface area (TPSA) is 29.1 Å². The molecular formula is C10H12BrNO. The van der Waals surface area contributed by atoms with Crippen LogP contribution in [0.5, 0.6) is 0 Å². The van der Waals surface area contributed by atoms with Crippen LogP contribution in [-0.2, 0) is 4.79 Å². The van der Waals surface area contributed by atoms with Crippen LogP contribution in [0, 0.1) is 13.8 Å². The first kappa shape index (κ1) is 10.3. The molecule has 1 aromatic rings. The first-order valence-electron chi connectivity index (χ1n) is 4.05. The zero-order chi connectivity index (χ0) is 10.0. The number of carbonyl (C=O) groups excluding carboxylic acids is 1. The number of anilines is 1. The van der Waals surface area contributed by atoms with E-state index < -0.39 is 0 Å². The summed E-state index contributed by atoms with van der Waals surface area (Å²) in [5, 5.41) is 2.77. The Morgan fingerprint density at radius 1 is 1.38 bits per heavy atom. The average Bonchev–Trinajstić information content (AvgIpc) is 1.98. The molecule has 0 aromatic heterocycles. The first-order valence-corrected chi connectivity index (χ1v) is 4.84.